The van der Waals surface area contributed by atoms with E-state index in [4.69, 9.17) is 5.73 Å². The van der Waals surface area contributed by atoms with Crippen LogP contribution >= 0.6 is 0 Å². The summed E-state index contributed by atoms with van der Waals surface area (Å²) in [7, 11) is 0. The van der Waals surface area contributed by atoms with Crippen molar-refractivity contribution in [2.75, 3.05) is 10.6 Å². The van der Waals surface area contributed by atoms with E-state index in [0.29, 0.717) is 23.8 Å². The quantitative estimate of drug-likeness (QED) is 0.889. The number of nitrogens with two attached hydrogens (primary N) is 1. The van der Waals surface area contributed by atoms with Gasteiger partial charge in [-0.15, -0.1) is 0 Å². The topological polar surface area (TPSA) is 59.2 Å². The first-order valence-corrected chi connectivity index (χ1v) is 6.61. The van der Waals surface area contributed by atoms with Gasteiger partial charge in [-0.05, 0) is 44.7 Å². The number of nitrogen functional groups attached to an aromatic ring is 1. The average molecular weight is 247 g/mol. The molecular weight excluding hydrogens is 226 g/mol. The normalized spacial score (nSPS) is 15.5. The number of hydrogen-bond acceptors (Lipinski definition) is 3. The predicted molar refractivity (Wildman–Crippen MR) is 73.2 cm³/mol. The minimum Gasteiger partial charge on any atom is -0.397 e. The van der Waals surface area contributed by atoms with Crippen LogP contribution in [0.2, 0.25) is 0 Å². The molecule has 1 aromatic heterocycles. The van der Waals surface area contributed by atoms with E-state index in [0.717, 1.165) is 0 Å². The summed E-state index contributed by atoms with van der Waals surface area (Å²) in [6.07, 6.45) is 5.88. The summed E-state index contributed by atoms with van der Waals surface area (Å²) < 4.78 is 0. The maximum Gasteiger partial charge on any atom is 0.228 e. The standard InChI is InChI=1S/C14H21N3O/c1-10(2)17(13-7-6-12(15)9-16-13)14(18)8-11-4-3-5-11/h6-7,9-11H,3-5,8,15H2,1-2H3. The fourth-order valence-corrected chi connectivity index (χ4v) is 2.26. The Bertz CT molecular complexity index is 410. The van der Waals surface area contributed by atoms with Crippen molar-refractivity contribution in [1.82, 2.24) is 4.98 Å². The van der Waals surface area contributed by atoms with Crippen molar-refractivity contribution >= 4 is 17.4 Å². The summed E-state index contributed by atoms with van der Waals surface area (Å²) in [6, 6.07) is 3.72. The van der Waals surface area contributed by atoms with E-state index in [-0.39, 0.29) is 11.9 Å². The van der Waals surface area contributed by atoms with Crippen LogP contribution in [-0.4, -0.2) is 16.9 Å². The summed E-state index contributed by atoms with van der Waals surface area (Å²) in [5, 5.41) is 0. The van der Waals surface area contributed by atoms with Gasteiger partial charge >= 0.3 is 0 Å². The Morgan fingerprint density at radius 2 is 2.22 bits per heavy atom. The van der Waals surface area contributed by atoms with Gasteiger partial charge in [0, 0.05) is 12.5 Å². The molecule has 0 saturated heterocycles. The smallest absolute Gasteiger partial charge is 0.228 e. The summed E-state index contributed by atoms with van der Waals surface area (Å²) in [6.45, 7) is 4.02. The first-order valence-electron chi connectivity index (χ1n) is 6.61. The van der Waals surface area contributed by atoms with E-state index in [1.165, 1.54) is 19.3 Å². The highest BCUT2D eigenvalue weighted by atomic mass is 16.2. The summed E-state index contributed by atoms with van der Waals surface area (Å²) in [4.78, 5) is 18.4. The van der Waals surface area contributed by atoms with Crippen molar-refractivity contribution in [3.05, 3.63) is 18.3 Å². The molecule has 1 aromatic rings. The Morgan fingerprint density at radius 3 is 2.67 bits per heavy atom. The van der Waals surface area contributed by atoms with Crippen LogP contribution in [0.4, 0.5) is 11.5 Å². The van der Waals surface area contributed by atoms with Gasteiger partial charge in [-0.3, -0.25) is 9.69 Å². The molecule has 1 aliphatic rings. The molecule has 1 heterocycles. The molecule has 0 bridgehead atoms. The molecule has 2 N–H and O–H groups in total. The van der Waals surface area contributed by atoms with Crippen molar-refractivity contribution in [1.29, 1.82) is 0 Å². The third kappa shape index (κ3) is 2.81. The van der Waals surface area contributed by atoms with Crippen LogP contribution in [-0.2, 0) is 4.79 Å². The fourth-order valence-electron chi connectivity index (χ4n) is 2.26. The van der Waals surface area contributed by atoms with Crippen molar-refractivity contribution in [2.24, 2.45) is 5.92 Å². The van der Waals surface area contributed by atoms with E-state index in [9.17, 15) is 4.79 Å². The van der Waals surface area contributed by atoms with Crippen molar-refractivity contribution in [2.45, 2.75) is 45.6 Å². The van der Waals surface area contributed by atoms with Crippen LogP contribution in [0, 0.1) is 5.92 Å². The number of amides is 1. The van der Waals surface area contributed by atoms with Crippen LogP contribution < -0.4 is 10.6 Å². The van der Waals surface area contributed by atoms with Gasteiger partial charge in [0.25, 0.3) is 0 Å². The van der Waals surface area contributed by atoms with E-state index in [2.05, 4.69) is 4.98 Å². The van der Waals surface area contributed by atoms with Gasteiger partial charge in [0.2, 0.25) is 5.91 Å². The number of nitrogens with zero attached hydrogens (tertiary/aromatic N) is 2. The summed E-state index contributed by atoms with van der Waals surface area (Å²) in [5.41, 5.74) is 6.24. The van der Waals surface area contributed by atoms with Gasteiger partial charge in [-0.2, -0.15) is 0 Å². The Kier molecular flexibility index (Phi) is 3.84. The van der Waals surface area contributed by atoms with Crippen molar-refractivity contribution < 1.29 is 4.79 Å². The molecule has 1 saturated carbocycles. The van der Waals surface area contributed by atoms with Gasteiger partial charge in [-0.1, -0.05) is 6.42 Å². The first kappa shape index (κ1) is 12.9. The van der Waals surface area contributed by atoms with Crippen molar-refractivity contribution in [3.63, 3.8) is 0 Å². The molecular formula is C14H21N3O. The Morgan fingerprint density at radius 1 is 1.50 bits per heavy atom. The first-order chi connectivity index (χ1) is 8.58. The summed E-state index contributed by atoms with van der Waals surface area (Å²) >= 11 is 0. The second kappa shape index (κ2) is 5.38. The molecule has 4 nitrogen and oxygen atoms in total. The van der Waals surface area contributed by atoms with Crippen LogP contribution in [0.25, 0.3) is 0 Å². The highest BCUT2D eigenvalue weighted by Crippen LogP contribution is 2.30. The fraction of sp³-hybridized carbons (Fsp3) is 0.571. The van der Waals surface area contributed by atoms with E-state index in [1.54, 1.807) is 17.2 Å². The van der Waals surface area contributed by atoms with Crippen LogP contribution in [0.1, 0.15) is 39.5 Å². The molecule has 1 amide bonds. The number of carbonyl (C=O) groups excluding carboxylic acids is 1. The zero-order chi connectivity index (χ0) is 13.1. The second-order valence-corrected chi connectivity index (χ2v) is 5.31. The average Bonchev–Trinajstić information content (AvgIpc) is 2.26. The lowest BCUT2D eigenvalue weighted by Gasteiger charge is -2.30. The molecule has 0 atom stereocenters. The minimum absolute atomic E-state index is 0.119. The molecule has 0 aliphatic heterocycles. The Labute approximate surface area is 108 Å². The Hall–Kier alpha value is -1.58. The van der Waals surface area contributed by atoms with E-state index < -0.39 is 0 Å². The lowest BCUT2D eigenvalue weighted by molar-refractivity contribution is -0.120. The van der Waals surface area contributed by atoms with Gasteiger partial charge in [-0.25, -0.2) is 4.98 Å². The Balaban J connectivity index is 2.11. The maximum atomic E-state index is 12.3. The molecule has 0 spiro atoms. The number of aromatic nitrogens is 1. The second-order valence-electron chi connectivity index (χ2n) is 5.31. The van der Waals surface area contributed by atoms with Gasteiger partial charge in [0.05, 0.1) is 11.9 Å². The number of hydrogen-bond donors (Lipinski definition) is 1. The van der Waals surface area contributed by atoms with Gasteiger partial charge in [0.15, 0.2) is 0 Å². The molecule has 2 rings (SSSR count). The highest BCUT2D eigenvalue weighted by Gasteiger charge is 2.26. The monoisotopic (exact) mass is 247 g/mol. The minimum atomic E-state index is 0.119. The molecule has 1 fully saturated rings. The third-order valence-corrected chi connectivity index (χ3v) is 3.49. The maximum absolute atomic E-state index is 12.3. The molecule has 1 aliphatic carbocycles. The SMILES string of the molecule is CC(C)N(C(=O)CC1CCC1)c1ccc(N)cn1. The molecule has 0 radical (unpaired) electrons. The van der Waals surface area contributed by atoms with E-state index >= 15 is 0 Å². The zero-order valence-corrected chi connectivity index (χ0v) is 11.1. The molecule has 98 valence electrons. The largest absolute Gasteiger partial charge is 0.397 e. The molecule has 4 heteroatoms. The highest BCUT2D eigenvalue weighted by molar-refractivity contribution is 5.93. The van der Waals surface area contributed by atoms with Crippen LogP contribution in [0.5, 0.6) is 0 Å². The van der Waals surface area contributed by atoms with Gasteiger partial charge < -0.3 is 5.73 Å². The third-order valence-electron chi connectivity index (χ3n) is 3.49. The number of carbonyl (C=O) groups is 1. The number of pyridine rings is 1. The lowest BCUT2D eigenvalue weighted by atomic mass is 9.82. The molecule has 18 heavy (non-hydrogen) atoms. The summed E-state index contributed by atoms with van der Waals surface area (Å²) in [5.74, 6) is 1.45. The van der Waals surface area contributed by atoms with Crippen LogP contribution in [0.3, 0.4) is 0 Å². The molecule has 0 aromatic carbocycles. The lowest BCUT2D eigenvalue weighted by Crippen LogP contribution is -2.39. The zero-order valence-electron chi connectivity index (χ0n) is 11.1. The number of anilines is 2. The van der Waals surface area contributed by atoms with Crippen LogP contribution in [0.15, 0.2) is 18.3 Å². The van der Waals surface area contributed by atoms with E-state index in [1.807, 2.05) is 19.9 Å². The number of rotatable bonds is 4. The van der Waals surface area contributed by atoms with Crippen molar-refractivity contribution in [3.8, 4) is 0 Å². The van der Waals surface area contributed by atoms with Gasteiger partial charge in [0.1, 0.15) is 5.82 Å². The predicted octanol–water partition coefficient (Wildman–Crippen LogP) is 2.60. The molecule has 0 unspecified atom stereocenters.